The molecule has 0 bridgehead atoms. The van der Waals surface area contributed by atoms with Crippen LogP contribution in [0.2, 0.25) is 0 Å². The Kier molecular flexibility index (Phi) is 3.03. The second-order valence-corrected chi connectivity index (χ2v) is 5.63. The maximum Gasteiger partial charge on any atom is 0.309 e. The lowest BCUT2D eigenvalue weighted by atomic mass is 9.63. The van der Waals surface area contributed by atoms with Crippen LogP contribution in [0.25, 0.3) is 0 Å². The van der Waals surface area contributed by atoms with Gasteiger partial charge in [-0.05, 0) is 50.4 Å². The molecular weight excluding hydrogens is 188 g/mol. The second-order valence-electron chi connectivity index (χ2n) is 5.63. The predicted molar refractivity (Wildman–Crippen MR) is 59.7 cm³/mol. The van der Waals surface area contributed by atoms with Crippen LogP contribution in [0.4, 0.5) is 0 Å². The molecule has 0 unspecified atom stereocenters. The van der Waals surface area contributed by atoms with E-state index in [0.29, 0.717) is 5.92 Å². The van der Waals surface area contributed by atoms with E-state index in [9.17, 15) is 9.90 Å². The first-order valence-corrected chi connectivity index (χ1v) is 6.38. The number of rotatable bonds is 2. The van der Waals surface area contributed by atoms with E-state index in [-0.39, 0.29) is 5.41 Å². The minimum atomic E-state index is -0.513. The summed E-state index contributed by atoms with van der Waals surface area (Å²) in [4.78, 5) is 11.6. The molecule has 0 aromatic rings. The smallest absolute Gasteiger partial charge is 0.309 e. The van der Waals surface area contributed by atoms with E-state index in [1.54, 1.807) is 0 Å². The van der Waals surface area contributed by atoms with Crippen LogP contribution in [0.1, 0.15) is 58.3 Å². The van der Waals surface area contributed by atoms with Crippen molar-refractivity contribution in [1.82, 2.24) is 0 Å². The highest BCUT2D eigenvalue weighted by molar-refractivity contribution is 5.75. The second kappa shape index (κ2) is 4.15. The highest BCUT2D eigenvalue weighted by Crippen LogP contribution is 2.50. The highest BCUT2D eigenvalue weighted by atomic mass is 16.4. The molecule has 1 N–H and O–H groups in total. The summed E-state index contributed by atoms with van der Waals surface area (Å²) in [7, 11) is 0. The molecule has 0 aromatic heterocycles. The number of aliphatic carboxylic acids is 1. The Morgan fingerprint density at radius 1 is 1.13 bits per heavy atom. The molecular formula is C13H22O2. The molecule has 2 rings (SSSR count). The fourth-order valence-corrected chi connectivity index (χ4v) is 3.55. The van der Waals surface area contributed by atoms with E-state index < -0.39 is 5.97 Å². The Morgan fingerprint density at radius 2 is 1.67 bits per heavy atom. The topological polar surface area (TPSA) is 37.3 Å². The van der Waals surface area contributed by atoms with E-state index >= 15 is 0 Å². The van der Waals surface area contributed by atoms with Crippen LogP contribution < -0.4 is 0 Å². The van der Waals surface area contributed by atoms with Gasteiger partial charge in [0.25, 0.3) is 0 Å². The normalized spacial score (nSPS) is 38.1. The molecule has 0 spiro atoms. The van der Waals surface area contributed by atoms with Gasteiger partial charge in [-0.15, -0.1) is 0 Å². The van der Waals surface area contributed by atoms with Crippen molar-refractivity contribution < 1.29 is 9.90 Å². The molecule has 2 saturated carbocycles. The molecule has 2 nitrogen and oxygen atoms in total. The van der Waals surface area contributed by atoms with Gasteiger partial charge in [-0.2, -0.15) is 0 Å². The molecule has 0 heterocycles. The van der Waals surface area contributed by atoms with Gasteiger partial charge in [-0.3, -0.25) is 4.79 Å². The number of carbonyl (C=O) groups is 1. The molecule has 86 valence electrons. The number of carboxylic acids is 1. The Balaban J connectivity index is 2.13. The van der Waals surface area contributed by atoms with Crippen molar-refractivity contribution >= 4 is 5.97 Å². The zero-order chi connectivity index (χ0) is 10.9. The lowest BCUT2D eigenvalue weighted by Crippen LogP contribution is -2.40. The van der Waals surface area contributed by atoms with Gasteiger partial charge in [0.1, 0.15) is 0 Å². The van der Waals surface area contributed by atoms with Gasteiger partial charge in [0, 0.05) is 0 Å². The molecule has 15 heavy (non-hydrogen) atoms. The van der Waals surface area contributed by atoms with E-state index in [2.05, 4.69) is 6.92 Å². The van der Waals surface area contributed by atoms with Gasteiger partial charge < -0.3 is 5.11 Å². The first kappa shape index (κ1) is 11.0. The predicted octanol–water partition coefficient (Wildman–Crippen LogP) is 3.46. The summed E-state index contributed by atoms with van der Waals surface area (Å²) in [6.45, 7) is 2.25. The summed E-state index contributed by atoms with van der Waals surface area (Å²) in [6, 6.07) is 0. The Morgan fingerprint density at radius 3 is 2.13 bits per heavy atom. The largest absolute Gasteiger partial charge is 0.481 e. The number of hydrogen-bond acceptors (Lipinski definition) is 1. The van der Waals surface area contributed by atoms with Gasteiger partial charge in [-0.1, -0.05) is 19.8 Å². The van der Waals surface area contributed by atoms with Gasteiger partial charge in [-0.25, -0.2) is 0 Å². The van der Waals surface area contributed by atoms with Crippen molar-refractivity contribution in [1.29, 1.82) is 0 Å². The van der Waals surface area contributed by atoms with Gasteiger partial charge in [0.05, 0.1) is 5.41 Å². The van der Waals surface area contributed by atoms with E-state index in [1.807, 2.05) is 0 Å². The molecule has 0 aliphatic heterocycles. The van der Waals surface area contributed by atoms with Crippen molar-refractivity contribution in [2.75, 3.05) is 0 Å². The molecule has 0 amide bonds. The molecule has 2 aliphatic carbocycles. The molecule has 0 aromatic carbocycles. The van der Waals surface area contributed by atoms with E-state index in [1.165, 1.54) is 12.8 Å². The van der Waals surface area contributed by atoms with Crippen LogP contribution in [0.3, 0.4) is 0 Å². The van der Waals surface area contributed by atoms with Crippen LogP contribution in [0, 0.1) is 17.3 Å². The van der Waals surface area contributed by atoms with Crippen molar-refractivity contribution in [2.45, 2.75) is 58.3 Å². The van der Waals surface area contributed by atoms with Gasteiger partial charge in [0.15, 0.2) is 0 Å². The molecule has 0 atom stereocenters. The first-order chi connectivity index (χ1) is 7.15. The lowest BCUT2D eigenvalue weighted by molar-refractivity contribution is -0.156. The summed E-state index contributed by atoms with van der Waals surface area (Å²) >= 11 is 0. The maximum atomic E-state index is 11.6. The van der Waals surface area contributed by atoms with Gasteiger partial charge in [0.2, 0.25) is 0 Å². The average molecular weight is 210 g/mol. The zero-order valence-corrected chi connectivity index (χ0v) is 9.67. The van der Waals surface area contributed by atoms with Crippen LogP contribution in [0.15, 0.2) is 0 Å². The summed E-state index contributed by atoms with van der Waals surface area (Å²) in [5.74, 6) is 0.697. The SMILES string of the molecule is CC1CCC(C(=O)O)(C2CCCC2)CC1. The summed E-state index contributed by atoms with van der Waals surface area (Å²) in [6.07, 6.45) is 8.87. The molecule has 2 heteroatoms. The van der Waals surface area contributed by atoms with Crippen molar-refractivity contribution in [2.24, 2.45) is 17.3 Å². The fraction of sp³-hybridized carbons (Fsp3) is 0.923. The number of carboxylic acid groups (broad SMARTS) is 1. The van der Waals surface area contributed by atoms with E-state index in [4.69, 9.17) is 0 Å². The van der Waals surface area contributed by atoms with Gasteiger partial charge >= 0.3 is 5.97 Å². The third-order valence-electron chi connectivity index (χ3n) is 4.73. The minimum Gasteiger partial charge on any atom is -0.481 e. The zero-order valence-electron chi connectivity index (χ0n) is 9.67. The van der Waals surface area contributed by atoms with Crippen LogP contribution >= 0.6 is 0 Å². The van der Waals surface area contributed by atoms with Crippen LogP contribution in [0.5, 0.6) is 0 Å². The Hall–Kier alpha value is -0.530. The van der Waals surface area contributed by atoms with Crippen molar-refractivity contribution in [3.05, 3.63) is 0 Å². The average Bonchev–Trinajstić information content (AvgIpc) is 2.72. The third kappa shape index (κ3) is 1.91. The molecule has 2 aliphatic rings. The summed E-state index contributed by atoms with van der Waals surface area (Å²) in [5.41, 5.74) is -0.344. The first-order valence-electron chi connectivity index (χ1n) is 6.38. The molecule has 0 saturated heterocycles. The Labute approximate surface area is 92.1 Å². The van der Waals surface area contributed by atoms with Crippen LogP contribution in [-0.4, -0.2) is 11.1 Å². The molecule has 0 radical (unpaired) electrons. The highest BCUT2D eigenvalue weighted by Gasteiger charge is 2.47. The Bertz CT molecular complexity index is 233. The number of hydrogen-bond donors (Lipinski definition) is 1. The summed E-state index contributed by atoms with van der Waals surface area (Å²) < 4.78 is 0. The summed E-state index contributed by atoms with van der Waals surface area (Å²) in [5, 5.41) is 9.54. The standard InChI is InChI=1S/C13H22O2/c1-10-6-8-13(9-7-10,12(14)15)11-4-2-3-5-11/h10-11H,2-9H2,1H3,(H,14,15). The fourth-order valence-electron chi connectivity index (χ4n) is 3.55. The van der Waals surface area contributed by atoms with Crippen LogP contribution in [-0.2, 0) is 4.79 Å². The van der Waals surface area contributed by atoms with E-state index in [0.717, 1.165) is 44.4 Å². The molecule has 2 fully saturated rings. The quantitative estimate of drug-likeness (QED) is 0.758. The van der Waals surface area contributed by atoms with Crippen molar-refractivity contribution in [3.63, 3.8) is 0 Å². The maximum absolute atomic E-state index is 11.6. The third-order valence-corrected chi connectivity index (χ3v) is 4.73. The van der Waals surface area contributed by atoms with Crippen molar-refractivity contribution in [3.8, 4) is 0 Å². The lowest BCUT2D eigenvalue weighted by Gasteiger charge is -2.40. The monoisotopic (exact) mass is 210 g/mol. The minimum absolute atomic E-state index is 0.344.